The van der Waals surface area contributed by atoms with Gasteiger partial charge in [-0.2, -0.15) is 0 Å². The molecule has 3 aromatic carbocycles. The number of ether oxygens (including phenoxy) is 1. The monoisotopic (exact) mass is 386 g/mol. The number of carbonyl (C=O) groups is 1. The first-order chi connectivity index (χ1) is 14.2. The van der Waals surface area contributed by atoms with Gasteiger partial charge in [-0.05, 0) is 35.9 Å². The van der Waals surface area contributed by atoms with Crippen LogP contribution in [0.25, 0.3) is 22.2 Å². The first-order valence-corrected chi connectivity index (χ1v) is 9.48. The minimum Gasteiger partial charge on any atom is -0.496 e. The quantitative estimate of drug-likeness (QED) is 0.523. The molecular weight excluding hydrogens is 364 g/mol. The van der Waals surface area contributed by atoms with E-state index in [4.69, 9.17) is 9.15 Å². The maximum Gasteiger partial charge on any atom is 0.226 e. The third kappa shape index (κ3) is 3.99. The summed E-state index contributed by atoms with van der Waals surface area (Å²) in [5, 5.41) is 5.16. The van der Waals surface area contributed by atoms with Crippen molar-refractivity contribution in [2.45, 2.75) is 19.9 Å². The first kappa shape index (κ1) is 18.7. The third-order valence-electron chi connectivity index (χ3n) is 4.92. The molecule has 0 atom stereocenters. The number of hydrogen-bond donors (Lipinski definition) is 1. The summed E-state index contributed by atoms with van der Waals surface area (Å²) in [4.78, 5) is 17.1. The van der Waals surface area contributed by atoms with Gasteiger partial charge in [-0.3, -0.25) is 4.79 Å². The van der Waals surface area contributed by atoms with E-state index in [2.05, 4.69) is 10.3 Å². The Kier molecular flexibility index (Phi) is 5.29. The number of fused-ring (bicyclic) bond motifs is 1. The summed E-state index contributed by atoms with van der Waals surface area (Å²) in [6.45, 7) is 2.21. The summed E-state index contributed by atoms with van der Waals surface area (Å²) < 4.78 is 11.2. The standard InChI is InChI=1S/C24H22N2O3/c1-16-21(26-24(29-16)18-9-4-3-5-10-18)14-23(27)25-15-20-19-11-7-6-8-17(19)12-13-22(20)28-2/h3-13H,14-15H2,1-2H3,(H,25,27). The van der Waals surface area contributed by atoms with E-state index in [1.807, 2.05) is 73.7 Å². The van der Waals surface area contributed by atoms with Crippen molar-refractivity contribution >= 4 is 16.7 Å². The van der Waals surface area contributed by atoms with Gasteiger partial charge >= 0.3 is 0 Å². The molecule has 0 aliphatic carbocycles. The number of carbonyl (C=O) groups excluding carboxylic acids is 1. The zero-order chi connectivity index (χ0) is 20.2. The molecule has 0 aliphatic heterocycles. The van der Waals surface area contributed by atoms with Gasteiger partial charge in [0, 0.05) is 17.7 Å². The second-order valence-electron chi connectivity index (χ2n) is 6.81. The fourth-order valence-corrected chi connectivity index (χ4v) is 3.39. The van der Waals surface area contributed by atoms with Crippen LogP contribution >= 0.6 is 0 Å². The number of aromatic nitrogens is 1. The lowest BCUT2D eigenvalue weighted by atomic mass is 10.0. The molecule has 1 aromatic heterocycles. The van der Waals surface area contributed by atoms with Crippen LogP contribution in [-0.4, -0.2) is 18.0 Å². The Balaban J connectivity index is 1.49. The highest BCUT2D eigenvalue weighted by Gasteiger charge is 2.15. The lowest BCUT2D eigenvalue weighted by Gasteiger charge is -2.13. The van der Waals surface area contributed by atoms with Crippen LogP contribution in [-0.2, 0) is 17.8 Å². The zero-order valence-electron chi connectivity index (χ0n) is 16.4. The number of methoxy groups -OCH3 is 1. The summed E-state index contributed by atoms with van der Waals surface area (Å²) in [6, 6.07) is 21.7. The molecule has 5 heteroatoms. The Hall–Kier alpha value is -3.60. The zero-order valence-corrected chi connectivity index (χ0v) is 16.4. The van der Waals surface area contributed by atoms with E-state index in [1.165, 1.54) is 0 Å². The van der Waals surface area contributed by atoms with Crippen molar-refractivity contribution in [1.29, 1.82) is 0 Å². The first-order valence-electron chi connectivity index (χ1n) is 9.48. The molecule has 4 rings (SSSR count). The Morgan fingerprint density at radius 3 is 2.59 bits per heavy atom. The van der Waals surface area contributed by atoms with Gasteiger partial charge in [-0.25, -0.2) is 4.98 Å². The van der Waals surface area contributed by atoms with E-state index in [1.54, 1.807) is 7.11 Å². The van der Waals surface area contributed by atoms with Crippen LogP contribution in [0.15, 0.2) is 71.1 Å². The van der Waals surface area contributed by atoms with Gasteiger partial charge < -0.3 is 14.5 Å². The van der Waals surface area contributed by atoms with Gasteiger partial charge in [-0.1, -0.05) is 48.5 Å². The second kappa shape index (κ2) is 8.19. The number of benzene rings is 3. The molecular formula is C24H22N2O3. The van der Waals surface area contributed by atoms with Crippen molar-refractivity contribution in [3.63, 3.8) is 0 Å². The Labute approximate surface area is 169 Å². The fraction of sp³-hybridized carbons (Fsp3) is 0.167. The van der Waals surface area contributed by atoms with Gasteiger partial charge in [0.1, 0.15) is 11.5 Å². The third-order valence-corrected chi connectivity index (χ3v) is 4.92. The molecule has 0 unspecified atom stereocenters. The summed E-state index contributed by atoms with van der Waals surface area (Å²) >= 11 is 0. The molecule has 0 aliphatic rings. The number of aryl methyl sites for hydroxylation is 1. The molecule has 1 heterocycles. The van der Waals surface area contributed by atoms with Crippen LogP contribution in [0.3, 0.4) is 0 Å². The Bertz CT molecular complexity index is 1150. The average Bonchev–Trinajstić information content (AvgIpc) is 3.12. The Morgan fingerprint density at radius 1 is 1.03 bits per heavy atom. The van der Waals surface area contributed by atoms with E-state index in [-0.39, 0.29) is 12.3 Å². The lowest BCUT2D eigenvalue weighted by molar-refractivity contribution is -0.120. The maximum absolute atomic E-state index is 12.6. The van der Waals surface area contributed by atoms with Crippen LogP contribution in [0, 0.1) is 6.92 Å². The molecule has 0 saturated heterocycles. The van der Waals surface area contributed by atoms with Gasteiger partial charge in [-0.15, -0.1) is 0 Å². The lowest BCUT2D eigenvalue weighted by Crippen LogP contribution is -2.25. The van der Waals surface area contributed by atoms with Crippen molar-refractivity contribution in [1.82, 2.24) is 10.3 Å². The molecule has 29 heavy (non-hydrogen) atoms. The predicted molar refractivity (Wildman–Crippen MR) is 113 cm³/mol. The number of rotatable bonds is 6. The van der Waals surface area contributed by atoms with Crippen molar-refractivity contribution in [3.05, 3.63) is 83.7 Å². The molecule has 0 radical (unpaired) electrons. The normalized spacial score (nSPS) is 10.8. The molecule has 1 N–H and O–H groups in total. The van der Waals surface area contributed by atoms with E-state index in [0.29, 0.717) is 23.9 Å². The minimum absolute atomic E-state index is 0.115. The molecule has 146 valence electrons. The number of nitrogens with zero attached hydrogens (tertiary/aromatic N) is 1. The largest absolute Gasteiger partial charge is 0.496 e. The molecule has 0 spiro atoms. The SMILES string of the molecule is COc1ccc2ccccc2c1CNC(=O)Cc1nc(-c2ccccc2)oc1C. The van der Waals surface area contributed by atoms with Crippen molar-refractivity contribution < 1.29 is 13.9 Å². The van der Waals surface area contributed by atoms with Crippen molar-refractivity contribution in [2.75, 3.05) is 7.11 Å². The van der Waals surface area contributed by atoms with Crippen molar-refractivity contribution in [2.24, 2.45) is 0 Å². The number of oxazole rings is 1. The molecule has 0 bridgehead atoms. The summed E-state index contributed by atoms with van der Waals surface area (Å²) in [5.41, 5.74) is 2.50. The van der Waals surface area contributed by atoms with Gasteiger partial charge in [0.25, 0.3) is 0 Å². The van der Waals surface area contributed by atoms with Gasteiger partial charge in [0.05, 0.1) is 19.2 Å². The fourth-order valence-electron chi connectivity index (χ4n) is 3.39. The highest BCUT2D eigenvalue weighted by molar-refractivity contribution is 5.88. The van der Waals surface area contributed by atoms with Crippen LogP contribution in [0.1, 0.15) is 17.0 Å². The van der Waals surface area contributed by atoms with E-state index in [9.17, 15) is 4.79 Å². The van der Waals surface area contributed by atoms with E-state index < -0.39 is 0 Å². The number of nitrogens with one attached hydrogen (secondary N) is 1. The summed E-state index contributed by atoms with van der Waals surface area (Å²) in [7, 11) is 1.64. The van der Waals surface area contributed by atoms with E-state index >= 15 is 0 Å². The van der Waals surface area contributed by atoms with Gasteiger partial charge in [0.15, 0.2) is 0 Å². The molecule has 5 nitrogen and oxygen atoms in total. The highest BCUT2D eigenvalue weighted by Crippen LogP contribution is 2.28. The predicted octanol–water partition coefficient (Wildman–Crippen LogP) is 4.67. The summed E-state index contributed by atoms with van der Waals surface area (Å²) in [6.07, 6.45) is 0.162. The summed E-state index contributed by atoms with van der Waals surface area (Å²) in [5.74, 6) is 1.83. The smallest absolute Gasteiger partial charge is 0.226 e. The van der Waals surface area contributed by atoms with Crippen molar-refractivity contribution in [3.8, 4) is 17.2 Å². The van der Waals surface area contributed by atoms with Crippen LogP contribution in [0.2, 0.25) is 0 Å². The van der Waals surface area contributed by atoms with Gasteiger partial charge in [0.2, 0.25) is 11.8 Å². The van der Waals surface area contributed by atoms with E-state index in [0.717, 1.165) is 27.6 Å². The van der Waals surface area contributed by atoms with Crippen LogP contribution in [0.5, 0.6) is 5.75 Å². The van der Waals surface area contributed by atoms with Crippen LogP contribution < -0.4 is 10.1 Å². The molecule has 4 aromatic rings. The van der Waals surface area contributed by atoms with Crippen LogP contribution in [0.4, 0.5) is 0 Å². The molecule has 1 amide bonds. The molecule has 0 saturated carbocycles. The maximum atomic E-state index is 12.6. The number of amides is 1. The average molecular weight is 386 g/mol. The molecule has 0 fully saturated rings. The highest BCUT2D eigenvalue weighted by atomic mass is 16.5. The minimum atomic E-state index is -0.115. The Morgan fingerprint density at radius 2 is 1.79 bits per heavy atom. The second-order valence-corrected chi connectivity index (χ2v) is 6.81. The topological polar surface area (TPSA) is 64.4 Å². The number of hydrogen-bond acceptors (Lipinski definition) is 4.